The molecule has 0 aliphatic heterocycles. The monoisotopic (exact) mass is 236 g/mol. The third kappa shape index (κ3) is 2.11. The van der Waals surface area contributed by atoms with E-state index in [4.69, 9.17) is 0 Å². The summed E-state index contributed by atoms with van der Waals surface area (Å²) in [5.41, 5.74) is 0.777. The minimum atomic E-state index is -0.0770. The molecule has 84 valence electrons. The van der Waals surface area contributed by atoms with Gasteiger partial charge in [-0.3, -0.25) is 4.79 Å². The Hall–Kier alpha value is -1.69. The highest BCUT2D eigenvalue weighted by Crippen LogP contribution is 2.18. The van der Waals surface area contributed by atoms with Crippen molar-refractivity contribution in [1.82, 2.24) is 19.9 Å². The van der Waals surface area contributed by atoms with Gasteiger partial charge in [0.05, 0.1) is 18.6 Å². The van der Waals surface area contributed by atoms with Gasteiger partial charge in [-0.25, -0.2) is 9.97 Å². The largest absolute Gasteiger partial charge is 0.354 e. The Kier molecular flexibility index (Phi) is 3.00. The summed E-state index contributed by atoms with van der Waals surface area (Å²) in [6.45, 7) is 2.50. The maximum absolute atomic E-state index is 11.5. The van der Waals surface area contributed by atoms with Crippen LogP contribution in [0.4, 0.5) is 0 Å². The van der Waals surface area contributed by atoms with E-state index in [1.54, 1.807) is 19.6 Å². The number of aromatic nitrogens is 3. The Morgan fingerprint density at radius 1 is 1.62 bits per heavy atom. The summed E-state index contributed by atoms with van der Waals surface area (Å²) in [4.78, 5) is 20.5. The highest BCUT2D eigenvalue weighted by Gasteiger charge is 2.13. The van der Waals surface area contributed by atoms with Crippen LogP contribution >= 0.6 is 11.3 Å². The summed E-state index contributed by atoms with van der Waals surface area (Å²) in [6, 6.07) is 0. The normalized spacial score (nSPS) is 10.4. The second kappa shape index (κ2) is 4.44. The van der Waals surface area contributed by atoms with Gasteiger partial charge in [0.1, 0.15) is 9.88 Å². The predicted octanol–water partition coefficient (Wildman–Crippen LogP) is 1.06. The summed E-state index contributed by atoms with van der Waals surface area (Å²) in [6.07, 6.45) is 5.33. The SMILES string of the molecule is CNC(=O)c1sc(Cn2ccnc2)nc1C. The third-order valence-corrected chi connectivity index (χ3v) is 3.29. The number of thiazole rings is 1. The first-order valence-corrected chi connectivity index (χ1v) is 5.66. The molecule has 0 spiro atoms. The van der Waals surface area contributed by atoms with Gasteiger partial charge in [0, 0.05) is 19.4 Å². The number of imidazole rings is 1. The van der Waals surface area contributed by atoms with E-state index in [9.17, 15) is 4.79 Å². The average molecular weight is 236 g/mol. The minimum Gasteiger partial charge on any atom is -0.354 e. The van der Waals surface area contributed by atoms with Crippen molar-refractivity contribution in [2.45, 2.75) is 13.5 Å². The molecule has 6 heteroatoms. The number of carbonyl (C=O) groups excluding carboxylic acids is 1. The van der Waals surface area contributed by atoms with E-state index >= 15 is 0 Å². The topological polar surface area (TPSA) is 59.8 Å². The molecule has 0 aliphatic rings. The molecule has 1 N–H and O–H groups in total. The lowest BCUT2D eigenvalue weighted by Gasteiger charge is -1.96. The molecule has 0 radical (unpaired) electrons. The number of hydrogen-bond donors (Lipinski definition) is 1. The van der Waals surface area contributed by atoms with Gasteiger partial charge >= 0.3 is 0 Å². The minimum absolute atomic E-state index is 0.0770. The van der Waals surface area contributed by atoms with Crippen molar-refractivity contribution in [3.8, 4) is 0 Å². The zero-order chi connectivity index (χ0) is 11.5. The van der Waals surface area contributed by atoms with Crippen molar-refractivity contribution >= 4 is 17.2 Å². The number of rotatable bonds is 3. The molecule has 5 nitrogen and oxygen atoms in total. The molecule has 0 saturated heterocycles. The maximum Gasteiger partial charge on any atom is 0.263 e. The molecule has 0 aromatic carbocycles. The summed E-state index contributed by atoms with van der Waals surface area (Å²) < 4.78 is 1.92. The molecule has 2 rings (SSSR count). The van der Waals surface area contributed by atoms with Crippen LogP contribution in [0, 0.1) is 6.92 Å². The maximum atomic E-state index is 11.5. The van der Waals surface area contributed by atoms with Crippen LogP contribution in [0.5, 0.6) is 0 Å². The highest BCUT2D eigenvalue weighted by molar-refractivity contribution is 7.13. The van der Waals surface area contributed by atoms with Gasteiger partial charge < -0.3 is 9.88 Å². The van der Waals surface area contributed by atoms with Crippen molar-refractivity contribution in [1.29, 1.82) is 0 Å². The molecule has 0 unspecified atom stereocenters. The van der Waals surface area contributed by atoms with E-state index < -0.39 is 0 Å². The Bertz CT molecular complexity index is 489. The van der Waals surface area contributed by atoms with Crippen LogP contribution < -0.4 is 5.32 Å². The molecule has 2 heterocycles. The third-order valence-electron chi connectivity index (χ3n) is 2.15. The van der Waals surface area contributed by atoms with Crippen molar-refractivity contribution in [3.63, 3.8) is 0 Å². The lowest BCUT2D eigenvalue weighted by molar-refractivity contribution is 0.0966. The van der Waals surface area contributed by atoms with E-state index in [0.717, 1.165) is 10.7 Å². The zero-order valence-corrected chi connectivity index (χ0v) is 9.91. The van der Waals surface area contributed by atoms with E-state index in [1.807, 2.05) is 17.7 Å². The van der Waals surface area contributed by atoms with Crippen LogP contribution in [0.15, 0.2) is 18.7 Å². The predicted molar refractivity (Wildman–Crippen MR) is 61.6 cm³/mol. The molecule has 0 atom stereocenters. The zero-order valence-electron chi connectivity index (χ0n) is 9.10. The van der Waals surface area contributed by atoms with E-state index in [2.05, 4.69) is 15.3 Å². The van der Waals surface area contributed by atoms with Gasteiger partial charge in [0.25, 0.3) is 5.91 Å². The fourth-order valence-electron chi connectivity index (χ4n) is 1.38. The summed E-state index contributed by atoms with van der Waals surface area (Å²) in [7, 11) is 1.62. The Labute approximate surface area is 97.2 Å². The van der Waals surface area contributed by atoms with Crippen LogP contribution in [-0.2, 0) is 6.54 Å². The summed E-state index contributed by atoms with van der Waals surface area (Å²) >= 11 is 1.42. The number of nitrogens with one attached hydrogen (secondary N) is 1. The average Bonchev–Trinajstić information content (AvgIpc) is 2.88. The van der Waals surface area contributed by atoms with E-state index in [0.29, 0.717) is 11.4 Å². The van der Waals surface area contributed by atoms with Crippen LogP contribution in [0.25, 0.3) is 0 Å². The second-order valence-electron chi connectivity index (χ2n) is 3.34. The lowest BCUT2D eigenvalue weighted by atomic mass is 10.4. The number of aryl methyl sites for hydroxylation is 1. The van der Waals surface area contributed by atoms with Gasteiger partial charge in [0.2, 0.25) is 0 Å². The standard InChI is InChI=1S/C10H12N4OS/c1-7-9(10(15)11-2)16-8(13-7)5-14-4-3-12-6-14/h3-4,6H,5H2,1-2H3,(H,11,15). The molecule has 0 saturated carbocycles. The van der Waals surface area contributed by atoms with Gasteiger partial charge in [-0.1, -0.05) is 0 Å². The summed E-state index contributed by atoms with van der Waals surface area (Å²) in [5.74, 6) is -0.0770. The molecule has 0 fully saturated rings. The smallest absolute Gasteiger partial charge is 0.263 e. The van der Waals surface area contributed by atoms with E-state index in [-0.39, 0.29) is 5.91 Å². The molecule has 2 aromatic heterocycles. The molecule has 0 aliphatic carbocycles. The number of nitrogens with zero attached hydrogens (tertiary/aromatic N) is 3. The first-order valence-electron chi connectivity index (χ1n) is 4.85. The molecular formula is C10H12N4OS. The van der Waals surface area contributed by atoms with Gasteiger partial charge in [-0.2, -0.15) is 0 Å². The van der Waals surface area contributed by atoms with Gasteiger partial charge in [-0.15, -0.1) is 11.3 Å². The van der Waals surface area contributed by atoms with Gasteiger partial charge in [0.15, 0.2) is 0 Å². The van der Waals surface area contributed by atoms with Crippen molar-refractivity contribution < 1.29 is 4.79 Å². The summed E-state index contributed by atoms with van der Waals surface area (Å²) in [5, 5.41) is 3.52. The Balaban J connectivity index is 2.21. The molecule has 2 aromatic rings. The highest BCUT2D eigenvalue weighted by atomic mass is 32.1. The lowest BCUT2D eigenvalue weighted by Crippen LogP contribution is -2.17. The molecule has 0 bridgehead atoms. The van der Waals surface area contributed by atoms with Crippen LogP contribution in [-0.4, -0.2) is 27.5 Å². The van der Waals surface area contributed by atoms with Crippen molar-refractivity contribution in [2.75, 3.05) is 7.05 Å². The first-order chi connectivity index (χ1) is 7.70. The number of amides is 1. The number of hydrogen-bond acceptors (Lipinski definition) is 4. The van der Waals surface area contributed by atoms with Crippen molar-refractivity contribution in [2.24, 2.45) is 0 Å². The fourth-order valence-corrected chi connectivity index (χ4v) is 2.40. The van der Waals surface area contributed by atoms with Crippen LogP contribution in [0.2, 0.25) is 0 Å². The molecular weight excluding hydrogens is 224 g/mol. The molecule has 1 amide bonds. The van der Waals surface area contributed by atoms with Gasteiger partial charge in [-0.05, 0) is 6.92 Å². The Morgan fingerprint density at radius 2 is 2.44 bits per heavy atom. The van der Waals surface area contributed by atoms with E-state index in [1.165, 1.54) is 11.3 Å². The van der Waals surface area contributed by atoms with Crippen LogP contribution in [0.1, 0.15) is 20.4 Å². The van der Waals surface area contributed by atoms with Crippen LogP contribution in [0.3, 0.4) is 0 Å². The van der Waals surface area contributed by atoms with Crippen molar-refractivity contribution in [3.05, 3.63) is 34.3 Å². The quantitative estimate of drug-likeness (QED) is 0.866. The first kappa shape index (κ1) is 10.8. The fraction of sp³-hybridized carbons (Fsp3) is 0.300. The molecule has 16 heavy (non-hydrogen) atoms. The number of carbonyl (C=O) groups is 1. The Morgan fingerprint density at radius 3 is 3.06 bits per heavy atom. The second-order valence-corrected chi connectivity index (χ2v) is 4.42.